The van der Waals surface area contributed by atoms with Crippen molar-refractivity contribution in [1.82, 2.24) is 10.3 Å². The van der Waals surface area contributed by atoms with Crippen LogP contribution in [-0.4, -0.2) is 24.7 Å². The van der Waals surface area contributed by atoms with Crippen molar-refractivity contribution in [3.05, 3.63) is 16.6 Å². The summed E-state index contributed by atoms with van der Waals surface area (Å²) < 4.78 is 5.48. The van der Waals surface area contributed by atoms with Gasteiger partial charge in [0, 0.05) is 25.1 Å². The molecule has 86 valence electrons. The summed E-state index contributed by atoms with van der Waals surface area (Å²) in [6.45, 7) is 7.92. The number of nitrogens with zero attached hydrogens (tertiary/aromatic N) is 1. The molecule has 0 radical (unpaired) electrons. The zero-order valence-electron chi connectivity index (χ0n) is 9.53. The molecular weight excluding hydrogens is 208 g/mol. The van der Waals surface area contributed by atoms with Crippen molar-refractivity contribution in [2.45, 2.75) is 26.8 Å². The van der Waals surface area contributed by atoms with Crippen LogP contribution >= 0.6 is 11.3 Å². The molecule has 0 aromatic carbocycles. The van der Waals surface area contributed by atoms with E-state index >= 15 is 0 Å². The lowest BCUT2D eigenvalue weighted by Gasteiger charge is -2.06. The summed E-state index contributed by atoms with van der Waals surface area (Å²) in [6, 6.07) is 0. The zero-order chi connectivity index (χ0) is 10.9. The van der Waals surface area contributed by atoms with Crippen LogP contribution in [0.3, 0.4) is 0 Å². The molecule has 1 rings (SSSR count). The van der Waals surface area contributed by atoms with Gasteiger partial charge < -0.3 is 10.1 Å². The van der Waals surface area contributed by atoms with Crippen molar-refractivity contribution in [2.75, 3.05) is 19.8 Å². The molecule has 0 aliphatic carbocycles. The van der Waals surface area contributed by atoms with Crippen molar-refractivity contribution in [1.29, 1.82) is 0 Å². The summed E-state index contributed by atoms with van der Waals surface area (Å²) in [7, 11) is 0. The van der Waals surface area contributed by atoms with E-state index in [1.807, 2.05) is 5.51 Å². The number of thiazole rings is 1. The second-order valence-corrected chi connectivity index (χ2v) is 4.70. The van der Waals surface area contributed by atoms with E-state index in [-0.39, 0.29) is 0 Å². The highest BCUT2D eigenvalue weighted by Gasteiger charge is 1.95. The molecule has 1 aromatic rings. The van der Waals surface area contributed by atoms with Gasteiger partial charge in [-0.05, 0) is 18.9 Å². The predicted octanol–water partition coefficient (Wildman–Crippen LogP) is 2.30. The highest BCUT2D eigenvalue weighted by Crippen LogP contribution is 1.99. The number of ether oxygens (including phenoxy) is 1. The van der Waals surface area contributed by atoms with Crippen LogP contribution in [0.15, 0.2) is 10.9 Å². The average molecular weight is 228 g/mol. The Morgan fingerprint density at radius 1 is 1.53 bits per heavy atom. The SMILES string of the molecule is CC(C)COCCCNCc1cscn1. The summed E-state index contributed by atoms with van der Waals surface area (Å²) in [4.78, 5) is 4.20. The van der Waals surface area contributed by atoms with Crippen LogP contribution in [0.4, 0.5) is 0 Å². The van der Waals surface area contributed by atoms with Gasteiger partial charge in [0.25, 0.3) is 0 Å². The van der Waals surface area contributed by atoms with Gasteiger partial charge in [-0.25, -0.2) is 4.98 Å². The summed E-state index contributed by atoms with van der Waals surface area (Å²) in [5.41, 5.74) is 2.99. The fourth-order valence-electron chi connectivity index (χ4n) is 1.16. The van der Waals surface area contributed by atoms with E-state index in [4.69, 9.17) is 4.74 Å². The molecule has 4 heteroatoms. The molecule has 0 saturated carbocycles. The number of nitrogens with one attached hydrogen (secondary N) is 1. The van der Waals surface area contributed by atoms with Crippen LogP contribution < -0.4 is 5.32 Å². The minimum Gasteiger partial charge on any atom is -0.381 e. The molecular formula is C11H20N2OS. The molecule has 0 aliphatic heterocycles. The van der Waals surface area contributed by atoms with E-state index in [2.05, 4.69) is 29.5 Å². The molecule has 0 bridgehead atoms. The average Bonchev–Trinajstić information content (AvgIpc) is 2.68. The standard InChI is InChI=1S/C11H20N2OS/c1-10(2)7-14-5-3-4-12-6-11-8-15-9-13-11/h8-10,12H,3-7H2,1-2H3. The summed E-state index contributed by atoms with van der Waals surface area (Å²) >= 11 is 1.64. The Morgan fingerprint density at radius 2 is 2.40 bits per heavy atom. The van der Waals surface area contributed by atoms with Crippen molar-refractivity contribution in [2.24, 2.45) is 5.92 Å². The Labute approximate surface area is 95.9 Å². The third-order valence-electron chi connectivity index (χ3n) is 1.88. The minimum absolute atomic E-state index is 0.632. The predicted molar refractivity (Wildman–Crippen MR) is 64.1 cm³/mol. The van der Waals surface area contributed by atoms with E-state index in [1.165, 1.54) is 0 Å². The monoisotopic (exact) mass is 228 g/mol. The molecule has 0 amide bonds. The first-order valence-corrected chi connectivity index (χ1v) is 6.39. The number of rotatable bonds is 8. The Bertz CT molecular complexity index is 237. The second kappa shape index (κ2) is 7.79. The van der Waals surface area contributed by atoms with E-state index in [1.54, 1.807) is 11.3 Å². The second-order valence-electron chi connectivity index (χ2n) is 3.98. The Kier molecular flexibility index (Phi) is 6.55. The third kappa shape index (κ3) is 6.60. The van der Waals surface area contributed by atoms with E-state index in [0.717, 1.165) is 38.4 Å². The fourth-order valence-corrected chi connectivity index (χ4v) is 1.72. The summed E-state index contributed by atoms with van der Waals surface area (Å²) in [5, 5.41) is 5.41. The molecule has 15 heavy (non-hydrogen) atoms. The normalized spacial score (nSPS) is 11.1. The lowest BCUT2D eigenvalue weighted by atomic mass is 10.2. The van der Waals surface area contributed by atoms with Crippen molar-refractivity contribution >= 4 is 11.3 Å². The van der Waals surface area contributed by atoms with Gasteiger partial charge in [-0.3, -0.25) is 0 Å². The molecule has 1 heterocycles. The molecule has 0 fully saturated rings. The fraction of sp³-hybridized carbons (Fsp3) is 0.727. The van der Waals surface area contributed by atoms with Gasteiger partial charge in [0.15, 0.2) is 0 Å². The highest BCUT2D eigenvalue weighted by atomic mass is 32.1. The number of hydrogen-bond donors (Lipinski definition) is 1. The van der Waals surface area contributed by atoms with Crippen LogP contribution in [0.2, 0.25) is 0 Å². The first kappa shape index (κ1) is 12.6. The maximum absolute atomic E-state index is 5.48. The highest BCUT2D eigenvalue weighted by molar-refractivity contribution is 7.07. The van der Waals surface area contributed by atoms with Gasteiger partial charge in [-0.2, -0.15) is 0 Å². The number of hydrogen-bond acceptors (Lipinski definition) is 4. The van der Waals surface area contributed by atoms with E-state index in [9.17, 15) is 0 Å². The lowest BCUT2D eigenvalue weighted by molar-refractivity contribution is 0.108. The van der Waals surface area contributed by atoms with Gasteiger partial charge >= 0.3 is 0 Å². The smallest absolute Gasteiger partial charge is 0.0795 e. The molecule has 0 saturated heterocycles. The largest absolute Gasteiger partial charge is 0.381 e. The summed E-state index contributed by atoms with van der Waals surface area (Å²) in [6.07, 6.45) is 1.07. The van der Waals surface area contributed by atoms with Crippen LogP contribution in [0.5, 0.6) is 0 Å². The Balaban J connectivity index is 1.85. The van der Waals surface area contributed by atoms with Gasteiger partial charge in [0.05, 0.1) is 11.2 Å². The topological polar surface area (TPSA) is 34.1 Å². The summed E-state index contributed by atoms with van der Waals surface area (Å²) in [5.74, 6) is 0.632. The molecule has 1 aromatic heterocycles. The third-order valence-corrected chi connectivity index (χ3v) is 2.52. The first-order chi connectivity index (χ1) is 7.29. The molecule has 1 N–H and O–H groups in total. The van der Waals surface area contributed by atoms with Crippen LogP contribution in [0.25, 0.3) is 0 Å². The van der Waals surface area contributed by atoms with E-state index in [0.29, 0.717) is 5.92 Å². The number of aromatic nitrogens is 1. The maximum atomic E-state index is 5.48. The van der Waals surface area contributed by atoms with Crippen molar-refractivity contribution < 1.29 is 4.74 Å². The van der Waals surface area contributed by atoms with Gasteiger partial charge in [-0.1, -0.05) is 13.8 Å². The molecule has 0 spiro atoms. The quantitative estimate of drug-likeness (QED) is 0.693. The van der Waals surface area contributed by atoms with Crippen molar-refractivity contribution in [3.63, 3.8) is 0 Å². The van der Waals surface area contributed by atoms with Crippen LogP contribution in [0.1, 0.15) is 26.0 Å². The zero-order valence-corrected chi connectivity index (χ0v) is 10.3. The Hall–Kier alpha value is -0.450. The van der Waals surface area contributed by atoms with E-state index < -0.39 is 0 Å². The van der Waals surface area contributed by atoms with Gasteiger partial charge in [0.1, 0.15) is 0 Å². The molecule has 0 unspecified atom stereocenters. The Morgan fingerprint density at radius 3 is 3.07 bits per heavy atom. The van der Waals surface area contributed by atoms with Crippen LogP contribution in [-0.2, 0) is 11.3 Å². The minimum atomic E-state index is 0.632. The van der Waals surface area contributed by atoms with Gasteiger partial charge in [0.2, 0.25) is 0 Å². The van der Waals surface area contributed by atoms with Crippen molar-refractivity contribution in [3.8, 4) is 0 Å². The molecule has 0 atom stereocenters. The maximum Gasteiger partial charge on any atom is 0.0795 e. The first-order valence-electron chi connectivity index (χ1n) is 5.44. The van der Waals surface area contributed by atoms with Crippen LogP contribution in [0, 0.1) is 5.92 Å². The van der Waals surface area contributed by atoms with Gasteiger partial charge in [-0.15, -0.1) is 11.3 Å². The molecule has 3 nitrogen and oxygen atoms in total. The molecule has 0 aliphatic rings. The lowest BCUT2D eigenvalue weighted by Crippen LogP contribution is -2.17.